The Morgan fingerprint density at radius 1 is 0.900 bits per heavy atom. The normalized spacial score (nSPS) is 10.2. The Labute approximate surface area is 175 Å². The van der Waals surface area contributed by atoms with Crippen LogP contribution in [0.1, 0.15) is 21.5 Å². The summed E-state index contributed by atoms with van der Waals surface area (Å²) in [7, 11) is 1.52. The molecular formula is C24H23NO5. The van der Waals surface area contributed by atoms with Gasteiger partial charge in [0.1, 0.15) is 23.7 Å². The van der Waals surface area contributed by atoms with Gasteiger partial charge >= 0.3 is 5.97 Å². The summed E-state index contributed by atoms with van der Waals surface area (Å²) in [4.78, 5) is 24.8. The predicted octanol–water partition coefficient (Wildman–Crippen LogP) is 4.38. The first kappa shape index (κ1) is 20.9. The molecule has 0 unspecified atom stereocenters. The van der Waals surface area contributed by atoms with Crippen molar-refractivity contribution in [3.8, 4) is 11.5 Å². The van der Waals surface area contributed by atoms with Gasteiger partial charge in [0, 0.05) is 0 Å². The first-order valence-corrected chi connectivity index (χ1v) is 9.44. The highest BCUT2D eigenvalue weighted by molar-refractivity contribution is 5.97. The number of hydrogen-bond donors (Lipinski definition) is 1. The zero-order valence-corrected chi connectivity index (χ0v) is 16.9. The number of nitrogens with one attached hydrogen (secondary N) is 1. The summed E-state index contributed by atoms with van der Waals surface area (Å²) in [6, 6.07) is 21.8. The van der Waals surface area contributed by atoms with Crippen LogP contribution in [0.2, 0.25) is 0 Å². The average Bonchev–Trinajstić information content (AvgIpc) is 2.77. The molecule has 0 aliphatic carbocycles. The number of amides is 1. The average molecular weight is 405 g/mol. The fourth-order valence-electron chi connectivity index (χ4n) is 2.81. The molecule has 30 heavy (non-hydrogen) atoms. The smallest absolute Gasteiger partial charge is 0.342 e. The van der Waals surface area contributed by atoms with Gasteiger partial charge in [0.25, 0.3) is 5.91 Å². The Bertz CT molecular complexity index is 1020. The van der Waals surface area contributed by atoms with Crippen LogP contribution in [0, 0.1) is 6.92 Å². The zero-order valence-electron chi connectivity index (χ0n) is 16.9. The molecule has 0 bridgehead atoms. The molecule has 0 atom stereocenters. The number of carbonyl (C=O) groups is 2. The fraction of sp³-hybridized carbons (Fsp3) is 0.167. The Kier molecular flexibility index (Phi) is 7.05. The van der Waals surface area contributed by atoms with E-state index < -0.39 is 18.5 Å². The van der Waals surface area contributed by atoms with Crippen molar-refractivity contribution in [2.24, 2.45) is 0 Å². The van der Waals surface area contributed by atoms with Crippen LogP contribution in [-0.4, -0.2) is 25.6 Å². The maximum atomic E-state index is 12.5. The van der Waals surface area contributed by atoms with E-state index in [2.05, 4.69) is 5.32 Å². The lowest BCUT2D eigenvalue weighted by Crippen LogP contribution is -2.21. The van der Waals surface area contributed by atoms with Gasteiger partial charge in [-0.05, 0) is 42.3 Å². The van der Waals surface area contributed by atoms with Crippen molar-refractivity contribution in [3.63, 3.8) is 0 Å². The quantitative estimate of drug-likeness (QED) is 0.563. The first-order chi connectivity index (χ1) is 14.6. The van der Waals surface area contributed by atoms with E-state index in [-0.39, 0.29) is 5.56 Å². The number of benzene rings is 3. The van der Waals surface area contributed by atoms with E-state index in [0.717, 1.165) is 11.1 Å². The molecule has 0 aromatic heterocycles. The van der Waals surface area contributed by atoms with E-state index in [9.17, 15) is 9.59 Å². The molecule has 0 radical (unpaired) electrons. The Morgan fingerprint density at radius 2 is 1.63 bits per heavy atom. The number of esters is 1. The minimum Gasteiger partial charge on any atom is -0.495 e. The number of carbonyl (C=O) groups excluding carboxylic acids is 2. The van der Waals surface area contributed by atoms with E-state index >= 15 is 0 Å². The second-order valence-corrected chi connectivity index (χ2v) is 6.60. The number of methoxy groups -OCH3 is 1. The fourth-order valence-corrected chi connectivity index (χ4v) is 2.81. The molecule has 0 saturated heterocycles. The molecule has 0 aliphatic heterocycles. The number of aryl methyl sites for hydroxylation is 1. The van der Waals surface area contributed by atoms with Gasteiger partial charge in [-0.15, -0.1) is 0 Å². The molecule has 0 aliphatic rings. The van der Waals surface area contributed by atoms with Gasteiger partial charge in [-0.3, -0.25) is 4.79 Å². The third-order valence-corrected chi connectivity index (χ3v) is 4.31. The highest BCUT2D eigenvalue weighted by atomic mass is 16.5. The van der Waals surface area contributed by atoms with Crippen molar-refractivity contribution in [1.29, 1.82) is 0 Å². The van der Waals surface area contributed by atoms with Gasteiger partial charge in [-0.2, -0.15) is 0 Å². The number of hydrogen-bond acceptors (Lipinski definition) is 5. The maximum Gasteiger partial charge on any atom is 0.342 e. The number of para-hydroxylation sites is 1. The second-order valence-electron chi connectivity index (χ2n) is 6.60. The van der Waals surface area contributed by atoms with Crippen LogP contribution in [0.4, 0.5) is 5.69 Å². The first-order valence-electron chi connectivity index (χ1n) is 9.44. The molecule has 3 rings (SSSR count). The summed E-state index contributed by atoms with van der Waals surface area (Å²) in [5.74, 6) is -0.174. The van der Waals surface area contributed by atoms with Crippen molar-refractivity contribution in [2.75, 3.05) is 19.0 Å². The van der Waals surface area contributed by atoms with Crippen LogP contribution in [0.3, 0.4) is 0 Å². The molecule has 6 heteroatoms. The van der Waals surface area contributed by atoms with Gasteiger partial charge in [-0.25, -0.2) is 4.79 Å². The molecule has 3 aromatic rings. The van der Waals surface area contributed by atoms with Crippen LogP contribution in [0.5, 0.6) is 11.5 Å². The lowest BCUT2D eigenvalue weighted by atomic mass is 10.2. The third-order valence-electron chi connectivity index (χ3n) is 4.31. The lowest BCUT2D eigenvalue weighted by Gasteiger charge is -2.13. The standard InChI is InChI=1S/C24H23NO5/c1-17-12-13-22(28-2)20(14-17)25-23(26)16-30-24(27)19-10-6-7-11-21(19)29-15-18-8-4-3-5-9-18/h3-14H,15-16H2,1-2H3,(H,25,26). The van der Waals surface area contributed by atoms with Gasteiger partial charge < -0.3 is 19.5 Å². The number of anilines is 1. The molecule has 0 heterocycles. The molecule has 1 amide bonds. The predicted molar refractivity (Wildman–Crippen MR) is 114 cm³/mol. The SMILES string of the molecule is COc1ccc(C)cc1NC(=O)COC(=O)c1ccccc1OCc1ccccc1. The van der Waals surface area contributed by atoms with Gasteiger partial charge in [0.15, 0.2) is 6.61 Å². The zero-order chi connectivity index (χ0) is 21.3. The van der Waals surface area contributed by atoms with Crippen molar-refractivity contribution in [2.45, 2.75) is 13.5 Å². The Hall–Kier alpha value is -3.80. The van der Waals surface area contributed by atoms with Crippen molar-refractivity contribution in [3.05, 3.63) is 89.5 Å². The summed E-state index contributed by atoms with van der Waals surface area (Å²) in [6.07, 6.45) is 0. The Balaban J connectivity index is 1.60. The molecule has 3 aromatic carbocycles. The van der Waals surface area contributed by atoms with E-state index in [4.69, 9.17) is 14.2 Å². The van der Waals surface area contributed by atoms with Crippen molar-refractivity contribution < 1.29 is 23.8 Å². The summed E-state index contributed by atoms with van der Waals surface area (Å²) in [5.41, 5.74) is 2.72. The maximum absolute atomic E-state index is 12.5. The summed E-state index contributed by atoms with van der Waals surface area (Å²) >= 11 is 0. The number of rotatable bonds is 8. The van der Waals surface area contributed by atoms with Gasteiger partial charge in [0.05, 0.1) is 12.8 Å². The minimum absolute atomic E-state index is 0.259. The van der Waals surface area contributed by atoms with E-state index in [1.165, 1.54) is 7.11 Å². The highest BCUT2D eigenvalue weighted by Crippen LogP contribution is 2.25. The topological polar surface area (TPSA) is 73.9 Å². The van der Waals surface area contributed by atoms with Crippen LogP contribution in [0.15, 0.2) is 72.8 Å². The minimum atomic E-state index is -0.634. The van der Waals surface area contributed by atoms with Crippen LogP contribution in [-0.2, 0) is 16.1 Å². The molecule has 0 fully saturated rings. The van der Waals surface area contributed by atoms with E-state index in [0.29, 0.717) is 23.8 Å². The molecule has 0 saturated carbocycles. The monoisotopic (exact) mass is 405 g/mol. The molecular weight excluding hydrogens is 382 g/mol. The molecule has 154 valence electrons. The van der Waals surface area contributed by atoms with Crippen LogP contribution < -0.4 is 14.8 Å². The van der Waals surface area contributed by atoms with Crippen LogP contribution >= 0.6 is 0 Å². The second kappa shape index (κ2) is 10.1. The molecule has 1 N–H and O–H groups in total. The van der Waals surface area contributed by atoms with Crippen LogP contribution in [0.25, 0.3) is 0 Å². The highest BCUT2D eigenvalue weighted by Gasteiger charge is 2.16. The molecule has 6 nitrogen and oxygen atoms in total. The lowest BCUT2D eigenvalue weighted by molar-refractivity contribution is -0.119. The van der Waals surface area contributed by atoms with E-state index in [1.807, 2.05) is 43.3 Å². The summed E-state index contributed by atoms with van der Waals surface area (Å²) in [5, 5.41) is 2.70. The summed E-state index contributed by atoms with van der Waals surface area (Å²) in [6.45, 7) is 1.79. The van der Waals surface area contributed by atoms with Gasteiger partial charge in [0.2, 0.25) is 0 Å². The largest absolute Gasteiger partial charge is 0.495 e. The van der Waals surface area contributed by atoms with Gasteiger partial charge in [-0.1, -0.05) is 48.5 Å². The number of ether oxygens (including phenoxy) is 3. The van der Waals surface area contributed by atoms with Crippen molar-refractivity contribution >= 4 is 17.6 Å². The Morgan fingerprint density at radius 3 is 2.40 bits per heavy atom. The molecule has 0 spiro atoms. The van der Waals surface area contributed by atoms with Crippen molar-refractivity contribution in [1.82, 2.24) is 0 Å². The van der Waals surface area contributed by atoms with E-state index in [1.54, 1.807) is 36.4 Å². The third kappa shape index (κ3) is 5.61. The summed E-state index contributed by atoms with van der Waals surface area (Å²) < 4.78 is 16.2.